The molecule has 3 aromatic rings. The summed E-state index contributed by atoms with van der Waals surface area (Å²) in [6.07, 6.45) is 0. The van der Waals surface area contributed by atoms with E-state index in [1.165, 1.54) is 16.3 Å². The molecule has 8 nitrogen and oxygen atoms in total. The summed E-state index contributed by atoms with van der Waals surface area (Å²) in [6, 6.07) is 10.7. The second-order valence-corrected chi connectivity index (χ2v) is 6.85. The number of aryl methyl sites for hydroxylation is 2. The molecule has 3 rings (SSSR count). The number of H-pyrrole nitrogens is 1. The topological polar surface area (TPSA) is 102 Å². The smallest absolute Gasteiger partial charge is 0.263 e. The molecular weight excluding hydrogens is 358 g/mol. The predicted octanol–water partition coefficient (Wildman–Crippen LogP) is 2.71. The van der Waals surface area contributed by atoms with Crippen molar-refractivity contribution in [2.75, 3.05) is 11.9 Å². The first-order valence-corrected chi connectivity index (χ1v) is 8.99. The van der Waals surface area contributed by atoms with Crippen LogP contribution in [0.25, 0.3) is 5.95 Å². The summed E-state index contributed by atoms with van der Waals surface area (Å²) in [5.74, 6) is 1.34. The molecule has 0 spiro atoms. The van der Waals surface area contributed by atoms with E-state index in [4.69, 9.17) is 4.74 Å². The molecule has 2 heterocycles. The summed E-state index contributed by atoms with van der Waals surface area (Å²) in [6.45, 7) is 7.58. The maximum absolute atomic E-state index is 12.3. The first kappa shape index (κ1) is 19.3. The highest BCUT2D eigenvalue weighted by molar-refractivity contribution is 5.91. The van der Waals surface area contributed by atoms with E-state index in [1.54, 1.807) is 19.9 Å². The van der Waals surface area contributed by atoms with Crippen LogP contribution in [0.4, 0.5) is 5.82 Å². The van der Waals surface area contributed by atoms with Gasteiger partial charge in [-0.25, -0.2) is 4.98 Å². The van der Waals surface area contributed by atoms with E-state index >= 15 is 0 Å². The Balaban J connectivity index is 1.70. The van der Waals surface area contributed by atoms with Gasteiger partial charge in [0.05, 0.1) is 5.69 Å². The van der Waals surface area contributed by atoms with Gasteiger partial charge in [-0.15, -0.1) is 0 Å². The van der Waals surface area contributed by atoms with E-state index in [1.807, 2.05) is 24.3 Å². The maximum Gasteiger partial charge on any atom is 0.263 e. The van der Waals surface area contributed by atoms with E-state index in [-0.39, 0.29) is 24.0 Å². The van der Waals surface area contributed by atoms with Crippen molar-refractivity contribution in [2.24, 2.45) is 0 Å². The van der Waals surface area contributed by atoms with Gasteiger partial charge in [0, 0.05) is 17.8 Å². The van der Waals surface area contributed by atoms with Crippen molar-refractivity contribution in [3.8, 4) is 11.7 Å². The summed E-state index contributed by atoms with van der Waals surface area (Å²) in [7, 11) is 0. The Morgan fingerprint density at radius 1 is 1.18 bits per heavy atom. The lowest BCUT2D eigenvalue weighted by molar-refractivity contribution is -0.118. The van der Waals surface area contributed by atoms with Crippen molar-refractivity contribution in [1.82, 2.24) is 19.7 Å². The van der Waals surface area contributed by atoms with Gasteiger partial charge in [-0.2, -0.15) is 9.78 Å². The van der Waals surface area contributed by atoms with Crippen molar-refractivity contribution >= 4 is 11.7 Å². The largest absolute Gasteiger partial charge is 0.484 e. The highest BCUT2D eigenvalue weighted by Crippen LogP contribution is 2.19. The molecule has 146 valence electrons. The Bertz CT molecular complexity index is 1030. The number of amides is 1. The molecule has 2 N–H and O–H groups in total. The van der Waals surface area contributed by atoms with Gasteiger partial charge in [0.1, 0.15) is 11.6 Å². The van der Waals surface area contributed by atoms with E-state index in [0.717, 1.165) is 0 Å². The van der Waals surface area contributed by atoms with E-state index in [2.05, 4.69) is 34.2 Å². The minimum Gasteiger partial charge on any atom is -0.484 e. The number of carbonyl (C=O) groups excluding carboxylic acids is 1. The molecule has 8 heteroatoms. The second kappa shape index (κ2) is 8.08. The molecule has 1 aromatic carbocycles. The molecule has 0 radical (unpaired) electrons. The third-order valence-electron chi connectivity index (χ3n) is 4.07. The molecule has 0 aliphatic rings. The van der Waals surface area contributed by atoms with Crippen molar-refractivity contribution in [3.05, 3.63) is 63.7 Å². The summed E-state index contributed by atoms with van der Waals surface area (Å²) < 4.78 is 6.94. The highest BCUT2D eigenvalue weighted by Gasteiger charge is 2.13. The Kier molecular flexibility index (Phi) is 5.58. The van der Waals surface area contributed by atoms with Crippen LogP contribution in [-0.4, -0.2) is 32.3 Å². The van der Waals surface area contributed by atoms with E-state index in [9.17, 15) is 9.59 Å². The molecule has 0 atom stereocenters. The zero-order valence-corrected chi connectivity index (χ0v) is 16.3. The lowest BCUT2D eigenvalue weighted by Gasteiger charge is -2.10. The van der Waals surface area contributed by atoms with Crippen molar-refractivity contribution in [3.63, 3.8) is 0 Å². The first-order valence-electron chi connectivity index (χ1n) is 8.99. The van der Waals surface area contributed by atoms with Crippen LogP contribution in [0.15, 0.2) is 41.2 Å². The first-order chi connectivity index (χ1) is 13.3. The molecule has 0 saturated heterocycles. The van der Waals surface area contributed by atoms with Gasteiger partial charge in [-0.3, -0.25) is 14.6 Å². The number of ether oxygens (including phenoxy) is 1. The van der Waals surface area contributed by atoms with Crippen LogP contribution in [0.1, 0.15) is 36.7 Å². The van der Waals surface area contributed by atoms with Crippen LogP contribution >= 0.6 is 0 Å². The number of carbonyl (C=O) groups is 1. The molecule has 0 bridgehead atoms. The number of hydrogen-bond acceptors (Lipinski definition) is 5. The minimum absolute atomic E-state index is 0.150. The SMILES string of the molecule is Cc1cc(=O)[nH]c(-n2nc(C)cc2NC(=O)COc2ccc(C(C)C)cc2)n1. The lowest BCUT2D eigenvalue weighted by Crippen LogP contribution is -2.23. The number of hydrogen-bond donors (Lipinski definition) is 2. The highest BCUT2D eigenvalue weighted by atomic mass is 16.5. The fraction of sp³-hybridized carbons (Fsp3) is 0.300. The fourth-order valence-corrected chi connectivity index (χ4v) is 2.69. The van der Waals surface area contributed by atoms with Crippen LogP contribution in [0.3, 0.4) is 0 Å². The third-order valence-corrected chi connectivity index (χ3v) is 4.07. The van der Waals surface area contributed by atoms with Crippen molar-refractivity contribution < 1.29 is 9.53 Å². The van der Waals surface area contributed by atoms with Crippen LogP contribution < -0.4 is 15.6 Å². The standard InChI is InChI=1S/C20H23N5O3/c1-12(2)15-5-7-16(8-6-15)28-11-19(27)22-17-9-14(4)24-25(17)20-21-13(3)10-18(26)23-20/h5-10,12H,11H2,1-4H3,(H,22,27)(H,21,23,26). The number of anilines is 1. The molecular formula is C20H23N5O3. The molecule has 28 heavy (non-hydrogen) atoms. The number of aromatic amines is 1. The molecule has 0 unspecified atom stereocenters. The van der Waals surface area contributed by atoms with Gasteiger partial charge in [0.15, 0.2) is 6.61 Å². The zero-order valence-electron chi connectivity index (χ0n) is 16.3. The van der Waals surface area contributed by atoms with Gasteiger partial charge in [0.25, 0.3) is 11.5 Å². The number of nitrogens with one attached hydrogen (secondary N) is 2. The van der Waals surface area contributed by atoms with Crippen molar-refractivity contribution in [1.29, 1.82) is 0 Å². The molecule has 0 fully saturated rings. The Labute approximate surface area is 162 Å². The average Bonchev–Trinajstić information content (AvgIpc) is 2.99. The molecule has 0 saturated carbocycles. The van der Waals surface area contributed by atoms with Gasteiger partial charge < -0.3 is 10.1 Å². The summed E-state index contributed by atoms with van der Waals surface area (Å²) in [4.78, 5) is 30.9. The van der Waals surface area contributed by atoms with Crippen molar-refractivity contribution in [2.45, 2.75) is 33.6 Å². The van der Waals surface area contributed by atoms with Crippen LogP contribution in [0.2, 0.25) is 0 Å². The summed E-state index contributed by atoms with van der Waals surface area (Å²) in [5, 5.41) is 7.03. The van der Waals surface area contributed by atoms with Gasteiger partial charge >= 0.3 is 0 Å². The van der Waals surface area contributed by atoms with Gasteiger partial charge in [0.2, 0.25) is 5.95 Å². The number of rotatable bonds is 6. The molecule has 0 aliphatic carbocycles. The molecule has 2 aromatic heterocycles. The number of benzene rings is 1. The molecule has 0 aliphatic heterocycles. The Morgan fingerprint density at radius 3 is 2.54 bits per heavy atom. The summed E-state index contributed by atoms with van der Waals surface area (Å²) >= 11 is 0. The monoisotopic (exact) mass is 381 g/mol. The second-order valence-electron chi connectivity index (χ2n) is 6.85. The maximum atomic E-state index is 12.3. The minimum atomic E-state index is -0.343. The number of nitrogens with zero attached hydrogens (tertiary/aromatic N) is 3. The Morgan fingerprint density at radius 2 is 1.89 bits per heavy atom. The zero-order chi connectivity index (χ0) is 20.3. The fourth-order valence-electron chi connectivity index (χ4n) is 2.69. The van der Waals surface area contributed by atoms with Crippen LogP contribution in [-0.2, 0) is 4.79 Å². The molecule has 1 amide bonds. The van der Waals surface area contributed by atoms with Crippen LogP contribution in [0, 0.1) is 13.8 Å². The normalized spacial score (nSPS) is 10.9. The Hall–Kier alpha value is -3.42. The van der Waals surface area contributed by atoms with Gasteiger partial charge in [-0.05, 0) is 37.5 Å². The lowest BCUT2D eigenvalue weighted by atomic mass is 10.0. The average molecular weight is 381 g/mol. The van der Waals surface area contributed by atoms with Gasteiger partial charge in [-0.1, -0.05) is 26.0 Å². The van der Waals surface area contributed by atoms with Crippen LogP contribution in [0.5, 0.6) is 5.75 Å². The third kappa shape index (κ3) is 4.64. The quantitative estimate of drug-likeness (QED) is 0.683. The van der Waals surface area contributed by atoms with E-state index in [0.29, 0.717) is 28.9 Å². The summed E-state index contributed by atoms with van der Waals surface area (Å²) in [5.41, 5.74) is 2.14. The number of aromatic nitrogens is 4. The van der Waals surface area contributed by atoms with E-state index < -0.39 is 0 Å². The predicted molar refractivity (Wildman–Crippen MR) is 106 cm³/mol.